The summed E-state index contributed by atoms with van der Waals surface area (Å²) in [5, 5.41) is 15.7. The van der Waals surface area contributed by atoms with Crippen LogP contribution < -0.4 is 10.6 Å². The molecule has 0 spiro atoms. The summed E-state index contributed by atoms with van der Waals surface area (Å²) >= 11 is 0. The number of hydrogen-bond acceptors (Lipinski definition) is 3. The van der Waals surface area contributed by atoms with Gasteiger partial charge < -0.3 is 10.6 Å². The topological polar surface area (TPSA) is 72.1 Å². The lowest BCUT2D eigenvalue weighted by Gasteiger charge is -2.15. The molecule has 0 atom stereocenters. The van der Waals surface area contributed by atoms with Crippen LogP contribution in [0.3, 0.4) is 0 Å². The second kappa shape index (κ2) is 10.9. The summed E-state index contributed by atoms with van der Waals surface area (Å²) in [5.41, 5.74) is 6.56. The number of nitrogens with one attached hydrogen (secondary N) is 2. The molecule has 4 aromatic rings. The van der Waals surface area contributed by atoms with Gasteiger partial charge in [-0.05, 0) is 55.3 Å². The normalized spacial score (nSPS) is 11.2. The molecule has 0 aliphatic carbocycles. The SMILES string of the molecule is CN=C(NCc1ccc(-n2cccn2)cc1)NCc1ccccc1-n1nc(C)cc1C.I. The average molecular weight is 541 g/mol. The Morgan fingerprint density at radius 3 is 2.38 bits per heavy atom. The number of nitrogens with zero attached hydrogens (tertiary/aromatic N) is 5. The van der Waals surface area contributed by atoms with E-state index in [2.05, 4.69) is 75.2 Å². The number of benzene rings is 2. The summed E-state index contributed by atoms with van der Waals surface area (Å²) in [6.45, 7) is 5.41. The van der Waals surface area contributed by atoms with Gasteiger partial charge in [0.25, 0.3) is 0 Å². The molecular formula is C24H28IN7. The predicted octanol–water partition coefficient (Wildman–Crippen LogP) is 4.16. The van der Waals surface area contributed by atoms with Crippen LogP contribution in [0.25, 0.3) is 11.4 Å². The van der Waals surface area contributed by atoms with Gasteiger partial charge >= 0.3 is 0 Å². The van der Waals surface area contributed by atoms with Crippen molar-refractivity contribution < 1.29 is 0 Å². The van der Waals surface area contributed by atoms with Crippen molar-refractivity contribution in [2.24, 2.45) is 4.99 Å². The standard InChI is InChI=1S/C24H27N7.HI/c1-18-15-19(2)31(29-18)23-8-5-4-7-21(23)17-27-24(25-3)26-16-20-9-11-22(12-10-20)30-14-6-13-28-30;/h4-15H,16-17H2,1-3H3,(H2,25,26,27);1H. The highest BCUT2D eigenvalue weighted by Crippen LogP contribution is 2.17. The zero-order valence-corrected chi connectivity index (χ0v) is 20.8. The van der Waals surface area contributed by atoms with Crippen LogP contribution in [0, 0.1) is 13.8 Å². The van der Waals surface area contributed by atoms with Crippen molar-refractivity contribution in [1.29, 1.82) is 0 Å². The fraction of sp³-hybridized carbons (Fsp3) is 0.208. The molecule has 0 aliphatic heterocycles. The summed E-state index contributed by atoms with van der Waals surface area (Å²) < 4.78 is 3.83. The largest absolute Gasteiger partial charge is 0.352 e. The van der Waals surface area contributed by atoms with Gasteiger partial charge in [-0.3, -0.25) is 4.99 Å². The van der Waals surface area contributed by atoms with Gasteiger partial charge in [-0.1, -0.05) is 30.3 Å². The highest BCUT2D eigenvalue weighted by atomic mass is 127. The maximum Gasteiger partial charge on any atom is 0.191 e. The van der Waals surface area contributed by atoms with E-state index >= 15 is 0 Å². The molecule has 0 saturated heterocycles. The second-order valence-corrected chi connectivity index (χ2v) is 7.36. The van der Waals surface area contributed by atoms with Gasteiger partial charge in [0.2, 0.25) is 0 Å². The Labute approximate surface area is 205 Å². The molecular weight excluding hydrogens is 513 g/mol. The van der Waals surface area contributed by atoms with Gasteiger partial charge in [0.15, 0.2) is 5.96 Å². The molecule has 7 nitrogen and oxygen atoms in total. The highest BCUT2D eigenvalue weighted by molar-refractivity contribution is 14.0. The van der Waals surface area contributed by atoms with E-state index in [4.69, 9.17) is 0 Å². The highest BCUT2D eigenvalue weighted by Gasteiger charge is 2.09. The molecule has 2 N–H and O–H groups in total. The Balaban J connectivity index is 0.00000289. The third-order valence-electron chi connectivity index (χ3n) is 5.06. The Kier molecular flexibility index (Phi) is 8.04. The first-order chi connectivity index (χ1) is 15.1. The molecule has 32 heavy (non-hydrogen) atoms. The first-order valence-electron chi connectivity index (χ1n) is 10.3. The Hall–Kier alpha value is -3.14. The number of para-hydroxylation sites is 1. The molecule has 0 radical (unpaired) electrons. The first-order valence-corrected chi connectivity index (χ1v) is 10.3. The number of hydrogen-bond donors (Lipinski definition) is 2. The molecule has 0 amide bonds. The molecule has 0 unspecified atom stereocenters. The van der Waals surface area contributed by atoms with Gasteiger partial charge in [-0.25, -0.2) is 9.36 Å². The molecule has 2 aromatic heterocycles. The zero-order valence-electron chi connectivity index (χ0n) is 18.5. The quantitative estimate of drug-likeness (QED) is 0.219. The molecule has 0 fully saturated rings. The van der Waals surface area contributed by atoms with E-state index in [1.54, 1.807) is 13.2 Å². The zero-order chi connectivity index (χ0) is 21.6. The van der Waals surface area contributed by atoms with Gasteiger partial charge in [0.05, 0.1) is 17.1 Å². The predicted molar refractivity (Wildman–Crippen MR) is 139 cm³/mol. The van der Waals surface area contributed by atoms with Crippen LogP contribution in [0.2, 0.25) is 0 Å². The second-order valence-electron chi connectivity index (χ2n) is 7.36. The lowest BCUT2D eigenvalue weighted by Crippen LogP contribution is -2.36. The Morgan fingerprint density at radius 1 is 0.969 bits per heavy atom. The fourth-order valence-electron chi connectivity index (χ4n) is 3.51. The van der Waals surface area contributed by atoms with E-state index in [9.17, 15) is 0 Å². The number of guanidine groups is 1. The van der Waals surface area contributed by atoms with Crippen LogP contribution in [0.5, 0.6) is 0 Å². The van der Waals surface area contributed by atoms with Crippen LogP contribution in [0.15, 0.2) is 78.0 Å². The number of aliphatic imine (C=N–C) groups is 1. The Morgan fingerprint density at radius 2 is 1.72 bits per heavy atom. The maximum atomic E-state index is 4.63. The monoisotopic (exact) mass is 541 g/mol. The van der Waals surface area contributed by atoms with Crippen LogP contribution in [0.1, 0.15) is 22.5 Å². The van der Waals surface area contributed by atoms with Gasteiger partial charge in [-0.15, -0.1) is 24.0 Å². The third kappa shape index (κ3) is 5.56. The van der Waals surface area contributed by atoms with Crippen LogP contribution >= 0.6 is 24.0 Å². The van der Waals surface area contributed by atoms with E-state index in [-0.39, 0.29) is 24.0 Å². The van der Waals surface area contributed by atoms with Crippen molar-refractivity contribution in [2.45, 2.75) is 26.9 Å². The van der Waals surface area contributed by atoms with Crippen molar-refractivity contribution >= 4 is 29.9 Å². The minimum absolute atomic E-state index is 0. The summed E-state index contributed by atoms with van der Waals surface area (Å²) in [4.78, 5) is 4.36. The van der Waals surface area contributed by atoms with Crippen LogP contribution in [0.4, 0.5) is 0 Å². The van der Waals surface area contributed by atoms with E-state index in [1.165, 1.54) is 5.56 Å². The minimum atomic E-state index is 0. The first kappa shape index (κ1) is 23.5. The molecule has 2 heterocycles. The molecule has 2 aromatic carbocycles. The number of aryl methyl sites for hydroxylation is 2. The number of rotatable bonds is 6. The summed E-state index contributed by atoms with van der Waals surface area (Å²) in [5.74, 6) is 0.749. The van der Waals surface area contributed by atoms with Crippen molar-refractivity contribution in [3.8, 4) is 11.4 Å². The molecule has 0 bridgehead atoms. The fourth-order valence-corrected chi connectivity index (χ4v) is 3.51. The summed E-state index contributed by atoms with van der Waals surface area (Å²) in [7, 11) is 1.78. The Bertz CT molecular complexity index is 1160. The molecule has 4 rings (SSSR count). The minimum Gasteiger partial charge on any atom is -0.352 e. The molecule has 8 heteroatoms. The lowest BCUT2D eigenvalue weighted by molar-refractivity contribution is 0.781. The summed E-state index contributed by atoms with van der Waals surface area (Å²) in [6.07, 6.45) is 3.71. The molecule has 166 valence electrons. The van der Waals surface area contributed by atoms with E-state index in [0.717, 1.165) is 34.3 Å². The van der Waals surface area contributed by atoms with Crippen molar-refractivity contribution in [1.82, 2.24) is 30.2 Å². The van der Waals surface area contributed by atoms with Crippen molar-refractivity contribution in [3.05, 3.63) is 95.6 Å². The number of halogens is 1. The molecule has 0 saturated carbocycles. The van der Waals surface area contributed by atoms with E-state index in [0.29, 0.717) is 13.1 Å². The van der Waals surface area contributed by atoms with Gasteiger partial charge in [-0.2, -0.15) is 10.2 Å². The van der Waals surface area contributed by atoms with Crippen LogP contribution in [-0.4, -0.2) is 32.6 Å². The lowest BCUT2D eigenvalue weighted by atomic mass is 10.1. The number of aromatic nitrogens is 4. The van der Waals surface area contributed by atoms with Crippen LogP contribution in [-0.2, 0) is 13.1 Å². The maximum absolute atomic E-state index is 4.63. The van der Waals surface area contributed by atoms with E-state index < -0.39 is 0 Å². The summed E-state index contributed by atoms with van der Waals surface area (Å²) in [6, 6.07) is 20.6. The van der Waals surface area contributed by atoms with E-state index in [1.807, 2.05) is 40.7 Å². The smallest absolute Gasteiger partial charge is 0.191 e. The van der Waals surface area contributed by atoms with Crippen molar-refractivity contribution in [2.75, 3.05) is 7.05 Å². The molecule has 0 aliphatic rings. The van der Waals surface area contributed by atoms with Gasteiger partial charge in [0, 0.05) is 38.2 Å². The van der Waals surface area contributed by atoms with Crippen molar-refractivity contribution in [3.63, 3.8) is 0 Å². The average Bonchev–Trinajstić information content (AvgIpc) is 3.44. The van der Waals surface area contributed by atoms with Gasteiger partial charge in [0.1, 0.15) is 0 Å². The third-order valence-corrected chi connectivity index (χ3v) is 5.06.